The number of rotatable bonds is 3. The predicted octanol–water partition coefficient (Wildman–Crippen LogP) is 2.73. The molecule has 0 aliphatic carbocycles. The van der Waals surface area contributed by atoms with Crippen LogP contribution in [0.25, 0.3) is 0 Å². The third kappa shape index (κ3) is 3.41. The van der Waals surface area contributed by atoms with Gasteiger partial charge in [0, 0.05) is 26.8 Å². The fourth-order valence-electron chi connectivity index (χ4n) is 2.11. The minimum atomic E-state index is -4.41. The Balaban J connectivity index is 2.13. The van der Waals surface area contributed by atoms with E-state index >= 15 is 0 Å². The van der Waals surface area contributed by atoms with E-state index in [2.05, 4.69) is 0 Å². The number of alkyl halides is 3. The zero-order valence-electron chi connectivity index (χ0n) is 12.4. The Morgan fingerprint density at radius 2 is 1.78 bits per heavy atom. The molecule has 8 heteroatoms. The normalized spacial score (nSPS) is 11.5. The molecule has 2 N–H and O–H groups in total. The molecule has 1 aromatic heterocycles. The summed E-state index contributed by atoms with van der Waals surface area (Å²) >= 11 is 0. The smallest absolute Gasteiger partial charge is 0.416 e. The first-order valence-corrected chi connectivity index (χ1v) is 6.60. The lowest BCUT2D eigenvalue weighted by Crippen LogP contribution is -2.26. The quantitative estimate of drug-likeness (QED) is 0.910. The Morgan fingerprint density at radius 3 is 2.22 bits per heavy atom. The van der Waals surface area contributed by atoms with Gasteiger partial charge in [0.05, 0.1) is 5.56 Å². The zero-order chi connectivity index (χ0) is 17.4. The van der Waals surface area contributed by atoms with Crippen LogP contribution < -0.4 is 0 Å². The van der Waals surface area contributed by atoms with Crippen molar-refractivity contribution in [3.05, 3.63) is 47.2 Å². The molecule has 5 nitrogen and oxygen atoms in total. The number of aromatic hydroxyl groups is 2. The molecule has 0 saturated heterocycles. The number of aromatic nitrogens is 1. The molecule has 2 aromatic rings. The molecule has 0 aliphatic rings. The second kappa shape index (κ2) is 5.86. The maximum Gasteiger partial charge on any atom is 0.416 e. The van der Waals surface area contributed by atoms with Gasteiger partial charge in [-0.3, -0.25) is 4.79 Å². The molecule has 0 atom stereocenters. The van der Waals surface area contributed by atoms with Crippen molar-refractivity contribution in [1.29, 1.82) is 0 Å². The molecule has 2 rings (SSSR count). The minimum Gasteiger partial charge on any atom is -0.503 e. The van der Waals surface area contributed by atoms with Gasteiger partial charge in [0.2, 0.25) is 5.88 Å². The van der Waals surface area contributed by atoms with Crippen LogP contribution in [0.5, 0.6) is 11.6 Å². The van der Waals surface area contributed by atoms with Crippen LogP contribution in [-0.2, 0) is 19.8 Å². The summed E-state index contributed by atoms with van der Waals surface area (Å²) in [6.45, 7) is 0.0616. The first-order valence-electron chi connectivity index (χ1n) is 6.60. The highest BCUT2D eigenvalue weighted by molar-refractivity contribution is 5.97. The average Bonchev–Trinajstić information content (AvgIpc) is 2.73. The Kier molecular flexibility index (Phi) is 4.26. The van der Waals surface area contributed by atoms with Crippen LogP contribution in [0.15, 0.2) is 30.5 Å². The van der Waals surface area contributed by atoms with E-state index in [0.717, 1.165) is 12.1 Å². The highest BCUT2D eigenvalue weighted by atomic mass is 19.4. The Bertz CT molecular complexity index is 721. The molecule has 124 valence electrons. The Labute approximate surface area is 130 Å². The summed E-state index contributed by atoms with van der Waals surface area (Å²) in [5, 5.41) is 19.2. The second-order valence-electron chi connectivity index (χ2n) is 5.18. The molecule has 0 unspecified atom stereocenters. The first-order chi connectivity index (χ1) is 10.6. The van der Waals surface area contributed by atoms with Crippen molar-refractivity contribution in [2.45, 2.75) is 12.7 Å². The molecule has 0 saturated carbocycles. The lowest BCUT2D eigenvalue weighted by atomic mass is 10.1. The maximum atomic E-state index is 12.5. The molecule has 0 aliphatic heterocycles. The van der Waals surface area contributed by atoms with E-state index in [4.69, 9.17) is 0 Å². The third-order valence-corrected chi connectivity index (χ3v) is 3.40. The number of halogens is 3. The molecular weight excluding hydrogens is 313 g/mol. The average molecular weight is 328 g/mol. The number of benzene rings is 1. The summed E-state index contributed by atoms with van der Waals surface area (Å²) in [4.78, 5) is 13.5. The third-order valence-electron chi connectivity index (χ3n) is 3.40. The van der Waals surface area contributed by atoms with E-state index in [-0.39, 0.29) is 12.1 Å². The number of hydrogen-bond acceptors (Lipinski definition) is 3. The van der Waals surface area contributed by atoms with E-state index in [1.807, 2.05) is 0 Å². The van der Waals surface area contributed by atoms with Crippen LogP contribution in [0.1, 0.15) is 21.5 Å². The van der Waals surface area contributed by atoms with Crippen molar-refractivity contribution in [2.75, 3.05) is 7.05 Å². The molecule has 0 radical (unpaired) electrons. The van der Waals surface area contributed by atoms with Gasteiger partial charge < -0.3 is 19.7 Å². The molecule has 0 bridgehead atoms. The zero-order valence-corrected chi connectivity index (χ0v) is 12.4. The van der Waals surface area contributed by atoms with Crippen molar-refractivity contribution in [2.24, 2.45) is 7.05 Å². The van der Waals surface area contributed by atoms with Crippen molar-refractivity contribution in [1.82, 2.24) is 9.47 Å². The molecule has 1 heterocycles. The van der Waals surface area contributed by atoms with Gasteiger partial charge in [-0.25, -0.2) is 0 Å². The fraction of sp³-hybridized carbons (Fsp3) is 0.267. The number of aryl methyl sites for hydroxylation is 1. The van der Waals surface area contributed by atoms with Crippen LogP contribution in [0.4, 0.5) is 13.2 Å². The monoisotopic (exact) mass is 328 g/mol. The molecular formula is C15H15F3N2O3. The van der Waals surface area contributed by atoms with E-state index in [9.17, 15) is 28.2 Å². The van der Waals surface area contributed by atoms with Crippen LogP contribution in [0.2, 0.25) is 0 Å². The summed E-state index contributed by atoms with van der Waals surface area (Å²) in [7, 11) is 2.91. The molecule has 23 heavy (non-hydrogen) atoms. The largest absolute Gasteiger partial charge is 0.503 e. The topological polar surface area (TPSA) is 65.7 Å². The van der Waals surface area contributed by atoms with Gasteiger partial charge in [-0.05, 0) is 17.7 Å². The number of carbonyl (C=O) groups excluding carboxylic acids is 1. The van der Waals surface area contributed by atoms with E-state index in [0.29, 0.717) is 5.56 Å². The Hall–Kier alpha value is -2.64. The van der Waals surface area contributed by atoms with Gasteiger partial charge in [-0.2, -0.15) is 13.2 Å². The van der Waals surface area contributed by atoms with Gasteiger partial charge in [0.15, 0.2) is 5.75 Å². The lowest BCUT2D eigenvalue weighted by Gasteiger charge is -2.17. The number of amides is 1. The van der Waals surface area contributed by atoms with E-state index in [1.54, 1.807) is 0 Å². The Morgan fingerprint density at radius 1 is 1.22 bits per heavy atom. The SMILES string of the molecule is CN(Cc1ccc(C(F)(F)F)cc1)C(=O)c1cn(C)c(O)c1O. The summed E-state index contributed by atoms with van der Waals surface area (Å²) in [6, 6.07) is 4.46. The standard InChI is InChI=1S/C15H15F3N2O3/c1-19(13(22)11-8-20(2)14(23)12(11)21)7-9-3-5-10(6-4-9)15(16,17)18/h3-6,8,21,23H,7H2,1-2H3. The molecule has 0 fully saturated rings. The second-order valence-corrected chi connectivity index (χ2v) is 5.18. The number of nitrogens with zero attached hydrogens (tertiary/aromatic N) is 2. The molecule has 1 aromatic carbocycles. The molecule has 0 spiro atoms. The predicted molar refractivity (Wildman–Crippen MR) is 76.0 cm³/mol. The van der Waals surface area contributed by atoms with Crippen molar-refractivity contribution < 1.29 is 28.2 Å². The van der Waals surface area contributed by atoms with Gasteiger partial charge >= 0.3 is 6.18 Å². The molecule has 1 amide bonds. The summed E-state index contributed by atoms with van der Waals surface area (Å²) < 4.78 is 38.7. The van der Waals surface area contributed by atoms with Crippen molar-refractivity contribution in [3.8, 4) is 11.6 Å². The summed E-state index contributed by atoms with van der Waals surface area (Å²) in [5.41, 5.74) is -0.339. The van der Waals surface area contributed by atoms with Crippen LogP contribution in [0.3, 0.4) is 0 Å². The highest BCUT2D eigenvalue weighted by Crippen LogP contribution is 2.31. The number of hydrogen-bond donors (Lipinski definition) is 2. The van der Waals surface area contributed by atoms with Gasteiger partial charge in [0.25, 0.3) is 5.91 Å². The van der Waals surface area contributed by atoms with Gasteiger partial charge in [-0.15, -0.1) is 0 Å². The van der Waals surface area contributed by atoms with E-state index < -0.39 is 29.3 Å². The summed E-state index contributed by atoms with van der Waals surface area (Å²) in [6.07, 6.45) is -3.14. The van der Waals surface area contributed by atoms with Crippen LogP contribution in [0, 0.1) is 0 Å². The van der Waals surface area contributed by atoms with Crippen LogP contribution in [-0.4, -0.2) is 32.6 Å². The van der Waals surface area contributed by atoms with Crippen LogP contribution >= 0.6 is 0 Å². The fourth-order valence-corrected chi connectivity index (χ4v) is 2.11. The maximum absolute atomic E-state index is 12.5. The first kappa shape index (κ1) is 16.7. The minimum absolute atomic E-state index is 0.0616. The lowest BCUT2D eigenvalue weighted by molar-refractivity contribution is -0.137. The van der Waals surface area contributed by atoms with E-state index in [1.165, 1.54) is 41.9 Å². The van der Waals surface area contributed by atoms with Crippen molar-refractivity contribution >= 4 is 5.91 Å². The summed E-state index contributed by atoms with van der Waals surface area (Å²) in [5.74, 6) is -1.52. The number of carbonyl (C=O) groups is 1. The highest BCUT2D eigenvalue weighted by Gasteiger charge is 2.30. The van der Waals surface area contributed by atoms with Gasteiger partial charge in [0.1, 0.15) is 5.56 Å². The van der Waals surface area contributed by atoms with Crippen molar-refractivity contribution in [3.63, 3.8) is 0 Å². The van der Waals surface area contributed by atoms with Gasteiger partial charge in [-0.1, -0.05) is 12.1 Å².